The van der Waals surface area contributed by atoms with E-state index in [1.54, 1.807) is 10.7 Å². The van der Waals surface area contributed by atoms with Crippen LogP contribution in [0.15, 0.2) is 42.6 Å². The fraction of sp³-hybridized carbons (Fsp3) is 0.133. The molecule has 3 rings (SSSR count). The van der Waals surface area contributed by atoms with Crippen molar-refractivity contribution in [2.75, 3.05) is 0 Å². The highest BCUT2D eigenvalue weighted by Gasteiger charge is 2.11. The number of benzene rings is 1. The van der Waals surface area contributed by atoms with Crippen LogP contribution >= 0.6 is 11.6 Å². The van der Waals surface area contributed by atoms with Gasteiger partial charge in [0.05, 0.1) is 22.8 Å². The number of fused-ring (bicyclic) bond motifs is 1. The molecule has 6 heteroatoms. The number of pyridine rings is 1. The van der Waals surface area contributed by atoms with E-state index in [1.807, 2.05) is 43.6 Å². The molecule has 0 bridgehead atoms. The third kappa shape index (κ3) is 2.87. The number of nitrogens with one attached hydrogen (secondary N) is 1. The lowest BCUT2D eigenvalue weighted by atomic mass is 10.2. The van der Waals surface area contributed by atoms with Gasteiger partial charge in [-0.05, 0) is 18.2 Å². The molecule has 2 heterocycles. The van der Waals surface area contributed by atoms with Crippen molar-refractivity contribution in [1.29, 1.82) is 0 Å². The highest BCUT2D eigenvalue weighted by molar-refractivity contribution is 6.35. The maximum Gasteiger partial charge on any atom is 0.270 e. The van der Waals surface area contributed by atoms with E-state index in [9.17, 15) is 4.79 Å². The number of aryl methyl sites for hydroxylation is 1. The zero-order chi connectivity index (χ0) is 14.8. The van der Waals surface area contributed by atoms with Gasteiger partial charge in [-0.15, -0.1) is 0 Å². The normalized spacial score (nSPS) is 10.8. The van der Waals surface area contributed by atoms with E-state index in [1.165, 1.54) is 0 Å². The molecular formula is C15H13ClN4O. The largest absolute Gasteiger partial charge is 0.345 e. The van der Waals surface area contributed by atoms with Gasteiger partial charge in [-0.3, -0.25) is 9.48 Å². The second-order valence-corrected chi connectivity index (χ2v) is 5.08. The highest BCUT2D eigenvalue weighted by atomic mass is 35.5. The lowest BCUT2D eigenvalue weighted by molar-refractivity contribution is 0.0945. The lowest BCUT2D eigenvalue weighted by Gasteiger charge is -2.06. The molecular weight excluding hydrogens is 288 g/mol. The zero-order valence-electron chi connectivity index (χ0n) is 11.4. The highest BCUT2D eigenvalue weighted by Crippen LogP contribution is 2.22. The van der Waals surface area contributed by atoms with Crippen molar-refractivity contribution in [2.24, 2.45) is 7.05 Å². The number of nitrogens with zero attached hydrogens (tertiary/aromatic N) is 3. The van der Waals surface area contributed by atoms with Crippen LogP contribution in [0.4, 0.5) is 0 Å². The Balaban J connectivity index is 1.81. The summed E-state index contributed by atoms with van der Waals surface area (Å²) in [6.07, 6.45) is 1.83. The van der Waals surface area contributed by atoms with Crippen molar-refractivity contribution in [3.8, 4) is 0 Å². The van der Waals surface area contributed by atoms with Crippen molar-refractivity contribution in [1.82, 2.24) is 20.1 Å². The molecule has 21 heavy (non-hydrogen) atoms. The summed E-state index contributed by atoms with van der Waals surface area (Å²) in [4.78, 5) is 16.5. The Hall–Kier alpha value is -2.40. The molecule has 0 fully saturated rings. The van der Waals surface area contributed by atoms with Crippen LogP contribution < -0.4 is 5.32 Å². The summed E-state index contributed by atoms with van der Waals surface area (Å²) in [5.41, 5.74) is 1.79. The molecule has 0 spiro atoms. The van der Waals surface area contributed by atoms with Gasteiger partial charge in [0.2, 0.25) is 0 Å². The van der Waals surface area contributed by atoms with Crippen LogP contribution in [0.5, 0.6) is 0 Å². The summed E-state index contributed by atoms with van der Waals surface area (Å²) in [6.45, 7) is 0.353. The molecule has 5 nitrogen and oxygen atoms in total. The first-order chi connectivity index (χ1) is 10.1. The van der Waals surface area contributed by atoms with E-state index in [4.69, 9.17) is 11.6 Å². The first kappa shape index (κ1) is 13.6. The van der Waals surface area contributed by atoms with Gasteiger partial charge in [-0.1, -0.05) is 29.8 Å². The van der Waals surface area contributed by atoms with Crippen molar-refractivity contribution in [2.45, 2.75) is 6.54 Å². The molecule has 0 saturated heterocycles. The lowest BCUT2D eigenvalue weighted by Crippen LogP contribution is -2.24. The van der Waals surface area contributed by atoms with E-state index >= 15 is 0 Å². The topological polar surface area (TPSA) is 59.8 Å². The maximum absolute atomic E-state index is 12.2. The molecule has 0 aliphatic carbocycles. The number of aromatic nitrogens is 3. The fourth-order valence-electron chi connectivity index (χ4n) is 2.07. The standard InChI is InChI=1S/C15H13ClN4O/c1-20-7-6-10(19-20)9-17-15(21)14-8-12(16)11-4-2-3-5-13(11)18-14/h2-8H,9H2,1H3,(H,17,21). The molecule has 1 aromatic carbocycles. The second kappa shape index (κ2) is 5.54. The molecule has 0 unspecified atom stereocenters. The van der Waals surface area contributed by atoms with Crippen LogP contribution in [0.2, 0.25) is 5.02 Å². The van der Waals surface area contributed by atoms with Gasteiger partial charge in [0, 0.05) is 18.6 Å². The molecule has 0 aliphatic heterocycles. The minimum atomic E-state index is -0.270. The van der Waals surface area contributed by atoms with E-state index in [0.717, 1.165) is 11.1 Å². The molecule has 2 aromatic heterocycles. The van der Waals surface area contributed by atoms with Gasteiger partial charge in [-0.2, -0.15) is 5.10 Å². The number of rotatable bonds is 3. The van der Waals surface area contributed by atoms with Crippen LogP contribution in [0, 0.1) is 0 Å². The Morgan fingerprint density at radius 1 is 1.33 bits per heavy atom. The Morgan fingerprint density at radius 2 is 2.14 bits per heavy atom. The Kier molecular flexibility index (Phi) is 3.58. The fourth-order valence-corrected chi connectivity index (χ4v) is 2.33. The van der Waals surface area contributed by atoms with Crippen LogP contribution in [-0.4, -0.2) is 20.7 Å². The van der Waals surface area contributed by atoms with E-state index in [0.29, 0.717) is 22.8 Å². The summed E-state index contributed by atoms with van der Waals surface area (Å²) in [7, 11) is 1.83. The van der Waals surface area contributed by atoms with Gasteiger partial charge in [0.1, 0.15) is 5.69 Å². The van der Waals surface area contributed by atoms with Gasteiger partial charge in [-0.25, -0.2) is 4.98 Å². The summed E-state index contributed by atoms with van der Waals surface area (Å²) in [5, 5.41) is 8.33. The third-order valence-corrected chi connectivity index (χ3v) is 3.41. The number of carbonyl (C=O) groups is 1. The van der Waals surface area contributed by atoms with Gasteiger partial charge in [0.15, 0.2) is 0 Å². The predicted molar refractivity (Wildman–Crippen MR) is 81.1 cm³/mol. The van der Waals surface area contributed by atoms with E-state index in [-0.39, 0.29) is 5.91 Å². The van der Waals surface area contributed by atoms with Crippen LogP contribution in [0.3, 0.4) is 0 Å². The van der Waals surface area contributed by atoms with Crippen molar-refractivity contribution >= 4 is 28.4 Å². The van der Waals surface area contributed by atoms with Gasteiger partial charge >= 0.3 is 0 Å². The van der Waals surface area contributed by atoms with E-state index < -0.39 is 0 Å². The van der Waals surface area contributed by atoms with Gasteiger partial charge in [0.25, 0.3) is 5.91 Å². The molecule has 0 radical (unpaired) electrons. The Bertz CT molecular complexity index is 812. The zero-order valence-corrected chi connectivity index (χ0v) is 12.1. The quantitative estimate of drug-likeness (QED) is 0.808. The molecule has 0 atom stereocenters. The summed E-state index contributed by atoms with van der Waals surface area (Å²) < 4.78 is 1.69. The van der Waals surface area contributed by atoms with Crippen LogP contribution in [-0.2, 0) is 13.6 Å². The van der Waals surface area contributed by atoms with Gasteiger partial charge < -0.3 is 5.32 Å². The third-order valence-electron chi connectivity index (χ3n) is 3.10. The van der Waals surface area contributed by atoms with Crippen LogP contribution in [0.25, 0.3) is 10.9 Å². The number of hydrogen-bond acceptors (Lipinski definition) is 3. The molecule has 106 valence electrons. The minimum Gasteiger partial charge on any atom is -0.345 e. The molecule has 0 aliphatic rings. The summed E-state index contributed by atoms with van der Waals surface area (Å²) in [6, 6.07) is 10.9. The number of hydrogen-bond donors (Lipinski definition) is 1. The first-order valence-electron chi connectivity index (χ1n) is 6.45. The number of carbonyl (C=O) groups excluding carboxylic acids is 1. The predicted octanol–water partition coefficient (Wildman–Crippen LogP) is 2.55. The Labute approximate surface area is 126 Å². The average molecular weight is 301 g/mol. The van der Waals surface area contributed by atoms with Crippen molar-refractivity contribution in [3.05, 3.63) is 59.0 Å². The maximum atomic E-state index is 12.2. The molecule has 3 aromatic rings. The van der Waals surface area contributed by atoms with Crippen molar-refractivity contribution < 1.29 is 4.79 Å². The van der Waals surface area contributed by atoms with E-state index in [2.05, 4.69) is 15.4 Å². The summed E-state index contributed by atoms with van der Waals surface area (Å²) in [5.74, 6) is -0.270. The second-order valence-electron chi connectivity index (χ2n) is 4.67. The Morgan fingerprint density at radius 3 is 2.90 bits per heavy atom. The molecule has 0 saturated carbocycles. The van der Waals surface area contributed by atoms with Crippen molar-refractivity contribution in [3.63, 3.8) is 0 Å². The number of para-hydroxylation sites is 1. The number of halogens is 1. The summed E-state index contributed by atoms with van der Waals surface area (Å²) >= 11 is 6.19. The SMILES string of the molecule is Cn1ccc(CNC(=O)c2cc(Cl)c3ccccc3n2)n1. The van der Waals surface area contributed by atoms with Crippen LogP contribution in [0.1, 0.15) is 16.2 Å². The minimum absolute atomic E-state index is 0.270. The monoisotopic (exact) mass is 300 g/mol. The first-order valence-corrected chi connectivity index (χ1v) is 6.83. The molecule has 1 amide bonds. The molecule has 1 N–H and O–H groups in total. The average Bonchev–Trinajstić information content (AvgIpc) is 2.90. The number of amides is 1. The smallest absolute Gasteiger partial charge is 0.270 e.